The van der Waals surface area contributed by atoms with Crippen molar-refractivity contribution in [1.29, 1.82) is 0 Å². The third kappa shape index (κ3) is 4.30. The van der Waals surface area contributed by atoms with Crippen molar-refractivity contribution in [2.24, 2.45) is 5.92 Å². The Morgan fingerprint density at radius 3 is 2.23 bits per heavy atom. The summed E-state index contributed by atoms with van der Waals surface area (Å²) in [6, 6.07) is 0. The molecule has 0 N–H and O–H groups in total. The Balaban J connectivity index is 4.18. The third-order valence-corrected chi connectivity index (χ3v) is 1.87. The molecular formula is C9H12O4-2. The summed E-state index contributed by atoms with van der Waals surface area (Å²) in [6.45, 7) is 5.30. The molecule has 0 saturated carbocycles. The Kier molecular flexibility index (Phi) is 4.80. The molecule has 0 rings (SSSR count). The van der Waals surface area contributed by atoms with E-state index in [4.69, 9.17) is 0 Å². The average Bonchev–Trinajstić information content (AvgIpc) is 2.03. The zero-order valence-corrected chi connectivity index (χ0v) is 7.54. The van der Waals surface area contributed by atoms with Crippen LogP contribution < -0.4 is 10.2 Å². The van der Waals surface area contributed by atoms with Crippen LogP contribution in [-0.2, 0) is 9.59 Å². The molecule has 0 aromatic carbocycles. The lowest BCUT2D eigenvalue weighted by atomic mass is 9.94. The molecule has 0 aromatic heterocycles. The molecule has 4 heteroatoms. The van der Waals surface area contributed by atoms with Gasteiger partial charge in [-0.1, -0.05) is 19.1 Å². The van der Waals surface area contributed by atoms with Gasteiger partial charge in [0.25, 0.3) is 0 Å². The van der Waals surface area contributed by atoms with E-state index in [2.05, 4.69) is 6.58 Å². The number of hydrogen-bond acceptors (Lipinski definition) is 4. The average molecular weight is 184 g/mol. The SMILES string of the molecule is C=C(CC)C(CCC(=O)[O-])C(=O)[O-]. The maximum atomic E-state index is 10.5. The fourth-order valence-electron chi connectivity index (χ4n) is 0.997. The van der Waals surface area contributed by atoms with Gasteiger partial charge in [0.15, 0.2) is 0 Å². The number of carbonyl (C=O) groups excluding carboxylic acids is 2. The van der Waals surface area contributed by atoms with Crippen molar-refractivity contribution < 1.29 is 19.8 Å². The molecule has 0 fully saturated rings. The van der Waals surface area contributed by atoms with Crippen molar-refractivity contribution in [2.45, 2.75) is 26.2 Å². The van der Waals surface area contributed by atoms with Gasteiger partial charge in [0.1, 0.15) is 0 Å². The summed E-state index contributed by atoms with van der Waals surface area (Å²) in [6.07, 6.45) is 0.223. The van der Waals surface area contributed by atoms with E-state index in [0.717, 1.165) is 0 Å². The lowest BCUT2D eigenvalue weighted by molar-refractivity contribution is -0.311. The summed E-state index contributed by atoms with van der Waals surface area (Å²) < 4.78 is 0. The first-order chi connectivity index (χ1) is 5.99. The summed E-state index contributed by atoms with van der Waals surface area (Å²) >= 11 is 0. The standard InChI is InChI=1S/C9H14O4/c1-3-6(2)7(9(12)13)4-5-8(10)11/h7H,2-5H2,1H3,(H,10,11)(H,12,13)/p-2. The Labute approximate surface area is 76.9 Å². The van der Waals surface area contributed by atoms with Crippen LogP contribution in [0.25, 0.3) is 0 Å². The van der Waals surface area contributed by atoms with Crippen molar-refractivity contribution in [1.82, 2.24) is 0 Å². The topological polar surface area (TPSA) is 80.3 Å². The fraction of sp³-hybridized carbons (Fsp3) is 0.556. The molecule has 0 heterocycles. The molecule has 1 unspecified atom stereocenters. The maximum absolute atomic E-state index is 10.5. The predicted molar refractivity (Wildman–Crippen MR) is 42.2 cm³/mol. The van der Waals surface area contributed by atoms with Crippen molar-refractivity contribution in [3.05, 3.63) is 12.2 Å². The van der Waals surface area contributed by atoms with Crippen molar-refractivity contribution in [2.75, 3.05) is 0 Å². The summed E-state index contributed by atoms with van der Waals surface area (Å²) in [4.78, 5) is 20.6. The van der Waals surface area contributed by atoms with Gasteiger partial charge in [0.2, 0.25) is 0 Å². The Morgan fingerprint density at radius 1 is 1.38 bits per heavy atom. The Hall–Kier alpha value is -1.32. The normalized spacial score (nSPS) is 12.1. The summed E-state index contributed by atoms with van der Waals surface area (Å²) in [5.41, 5.74) is 0.487. The van der Waals surface area contributed by atoms with E-state index in [-0.39, 0.29) is 12.8 Å². The van der Waals surface area contributed by atoms with Crippen LogP contribution in [0, 0.1) is 5.92 Å². The molecule has 1 atom stereocenters. The summed E-state index contributed by atoms with van der Waals surface area (Å²) in [5, 5.41) is 20.6. The highest BCUT2D eigenvalue weighted by Gasteiger charge is 2.12. The third-order valence-electron chi connectivity index (χ3n) is 1.87. The van der Waals surface area contributed by atoms with E-state index in [1.54, 1.807) is 6.92 Å². The first-order valence-electron chi connectivity index (χ1n) is 4.07. The van der Waals surface area contributed by atoms with Gasteiger partial charge in [-0.05, 0) is 19.3 Å². The van der Waals surface area contributed by atoms with Gasteiger partial charge in [-0.15, -0.1) is 0 Å². The first kappa shape index (κ1) is 11.7. The van der Waals surface area contributed by atoms with Crippen LogP contribution in [0.4, 0.5) is 0 Å². The number of carboxylic acid groups (broad SMARTS) is 2. The van der Waals surface area contributed by atoms with Gasteiger partial charge in [0.05, 0.1) is 0 Å². The smallest absolute Gasteiger partial charge is 0.0485 e. The highest BCUT2D eigenvalue weighted by atomic mass is 16.4. The molecule has 74 valence electrons. The van der Waals surface area contributed by atoms with Crippen molar-refractivity contribution in [3.63, 3.8) is 0 Å². The fourth-order valence-corrected chi connectivity index (χ4v) is 0.997. The van der Waals surface area contributed by atoms with Crippen LogP contribution in [0.15, 0.2) is 12.2 Å². The zero-order valence-electron chi connectivity index (χ0n) is 7.54. The molecule has 0 radical (unpaired) electrons. The minimum Gasteiger partial charge on any atom is -0.550 e. The summed E-state index contributed by atoms with van der Waals surface area (Å²) in [5.74, 6) is -3.40. The molecule has 0 aliphatic heterocycles. The molecule has 4 nitrogen and oxygen atoms in total. The monoisotopic (exact) mass is 184 g/mol. The van der Waals surface area contributed by atoms with Gasteiger partial charge in [-0.3, -0.25) is 0 Å². The molecule has 0 saturated heterocycles. The van der Waals surface area contributed by atoms with Crippen LogP contribution >= 0.6 is 0 Å². The van der Waals surface area contributed by atoms with Crippen molar-refractivity contribution in [3.8, 4) is 0 Å². The van der Waals surface area contributed by atoms with Gasteiger partial charge in [-0.25, -0.2) is 0 Å². The van der Waals surface area contributed by atoms with Crippen LogP contribution in [0.5, 0.6) is 0 Å². The lowest BCUT2D eigenvalue weighted by Crippen LogP contribution is -2.33. The minimum absolute atomic E-state index is 0.00264. The summed E-state index contributed by atoms with van der Waals surface area (Å²) in [7, 11) is 0. The van der Waals surface area contributed by atoms with E-state index in [1.165, 1.54) is 0 Å². The van der Waals surface area contributed by atoms with E-state index < -0.39 is 17.9 Å². The lowest BCUT2D eigenvalue weighted by Gasteiger charge is -2.19. The first-order valence-corrected chi connectivity index (χ1v) is 4.07. The number of carboxylic acids is 2. The second-order valence-electron chi connectivity index (χ2n) is 2.79. The molecular weight excluding hydrogens is 172 g/mol. The van der Waals surface area contributed by atoms with E-state index >= 15 is 0 Å². The highest BCUT2D eigenvalue weighted by molar-refractivity contribution is 5.72. The zero-order chi connectivity index (χ0) is 10.4. The second kappa shape index (κ2) is 5.35. The van der Waals surface area contributed by atoms with E-state index in [9.17, 15) is 19.8 Å². The van der Waals surface area contributed by atoms with E-state index in [0.29, 0.717) is 12.0 Å². The molecule has 0 spiro atoms. The number of aliphatic carboxylic acids is 2. The van der Waals surface area contributed by atoms with Crippen LogP contribution in [0.1, 0.15) is 26.2 Å². The Bertz CT molecular complexity index is 220. The molecule has 0 aliphatic rings. The number of rotatable bonds is 6. The van der Waals surface area contributed by atoms with Crippen LogP contribution in [0.2, 0.25) is 0 Å². The quantitative estimate of drug-likeness (QED) is 0.488. The Morgan fingerprint density at radius 2 is 1.92 bits per heavy atom. The highest BCUT2D eigenvalue weighted by Crippen LogP contribution is 2.17. The minimum atomic E-state index is -1.27. The number of carbonyl (C=O) groups is 2. The van der Waals surface area contributed by atoms with Crippen LogP contribution in [0.3, 0.4) is 0 Å². The van der Waals surface area contributed by atoms with Crippen molar-refractivity contribution >= 4 is 11.9 Å². The molecule has 0 amide bonds. The number of hydrogen-bond donors (Lipinski definition) is 0. The van der Waals surface area contributed by atoms with Gasteiger partial charge >= 0.3 is 0 Å². The van der Waals surface area contributed by atoms with Gasteiger partial charge in [-0.2, -0.15) is 0 Å². The predicted octanol–water partition coefficient (Wildman–Crippen LogP) is -1.15. The van der Waals surface area contributed by atoms with E-state index in [1.807, 2.05) is 0 Å². The second-order valence-corrected chi connectivity index (χ2v) is 2.79. The largest absolute Gasteiger partial charge is 0.550 e. The molecule has 0 bridgehead atoms. The molecule has 0 aliphatic carbocycles. The molecule has 13 heavy (non-hydrogen) atoms. The van der Waals surface area contributed by atoms with Crippen LogP contribution in [-0.4, -0.2) is 11.9 Å². The van der Waals surface area contributed by atoms with Gasteiger partial charge in [0, 0.05) is 17.9 Å². The molecule has 0 aromatic rings. The maximum Gasteiger partial charge on any atom is 0.0485 e. The van der Waals surface area contributed by atoms with Gasteiger partial charge < -0.3 is 19.8 Å².